The molecule has 2 aromatic carbocycles. The van der Waals surface area contributed by atoms with E-state index < -0.39 is 0 Å². The molecule has 3 aliphatic rings. The molecule has 2 aliphatic carbocycles. The van der Waals surface area contributed by atoms with Crippen molar-refractivity contribution < 1.29 is 4.79 Å². The predicted octanol–water partition coefficient (Wildman–Crippen LogP) is 6.13. The minimum atomic E-state index is 0.0156. The van der Waals surface area contributed by atoms with Crippen LogP contribution in [0.15, 0.2) is 54.9 Å². The average molecular weight is 539 g/mol. The Labute approximate surface area is 233 Å². The topological polar surface area (TPSA) is 75.9 Å². The van der Waals surface area contributed by atoms with Gasteiger partial charge in [0, 0.05) is 41.4 Å². The van der Waals surface area contributed by atoms with E-state index in [1.165, 1.54) is 19.3 Å². The molecule has 1 aliphatic heterocycles. The van der Waals surface area contributed by atoms with Gasteiger partial charge >= 0.3 is 0 Å². The number of halogens is 1. The fraction of sp³-hybridized carbons (Fsp3) is 0.355. The van der Waals surface area contributed by atoms with E-state index in [1.54, 1.807) is 6.33 Å². The van der Waals surface area contributed by atoms with Crippen LogP contribution in [0.3, 0.4) is 0 Å². The van der Waals surface area contributed by atoms with Gasteiger partial charge in [-0.1, -0.05) is 36.2 Å². The van der Waals surface area contributed by atoms with E-state index in [0.717, 1.165) is 76.7 Å². The molecule has 0 atom stereocenters. The summed E-state index contributed by atoms with van der Waals surface area (Å²) in [7, 11) is 1.92. The first-order valence-corrected chi connectivity index (χ1v) is 14.2. The summed E-state index contributed by atoms with van der Waals surface area (Å²) in [6.45, 7) is 2.37. The summed E-state index contributed by atoms with van der Waals surface area (Å²) in [5.74, 6) is 2.69. The average Bonchev–Trinajstić information content (AvgIpc) is 3.60. The summed E-state index contributed by atoms with van der Waals surface area (Å²) in [6, 6.07) is 16.3. The van der Waals surface area contributed by atoms with E-state index in [2.05, 4.69) is 39.8 Å². The lowest BCUT2D eigenvalue weighted by Gasteiger charge is -2.25. The molecule has 4 aromatic rings. The molecule has 7 nitrogen and oxygen atoms in total. The molecule has 0 unspecified atom stereocenters. The number of amides is 1. The van der Waals surface area contributed by atoms with Crippen molar-refractivity contribution in [1.82, 2.24) is 25.1 Å². The number of anilines is 1. The minimum Gasteiger partial charge on any atom is -0.317 e. The minimum absolute atomic E-state index is 0.0156. The van der Waals surface area contributed by atoms with Crippen LogP contribution in [0.2, 0.25) is 5.02 Å². The number of rotatable bonds is 8. The second-order valence-corrected chi connectivity index (χ2v) is 11.6. The van der Waals surface area contributed by atoms with Crippen molar-refractivity contribution in [3.63, 3.8) is 0 Å². The molecule has 0 saturated heterocycles. The summed E-state index contributed by atoms with van der Waals surface area (Å²) >= 11 is 6.41. The van der Waals surface area contributed by atoms with E-state index >= 15 is 0 Å². The van der Waals surface area contributed by atoms with Crippen LogP contribution in [0.25, 0.3) is 22.5 Å². The highest BCUT2D eigenvalue weighted by Gasteiger charge is 2.32. The van der Waals surface area contributed by atoms with E-state index in [0.29, 0.717) is 23.3 Å². The normalized spacial score (nSPS) is 17.0. The Kier molecular flexibility index (Phi) is 6.21. The molecule has 0 bridgehead atoms. The lowest BCUT2D eigenvalue weighted by atomic mass is 9.85. The van der Waals surface area contributed by atoms with Gasteiger partial charge in [0.15, 0.2) is 5.82 Å². The molecular weight excluding hydrogens is 508 g/mol. The fourth-order valence-corrected chi connectivity index (χ4v) is 5.83. The Morgan fingerprint density at radius 1 is 1.00 bits per heavy atom. The number of carbonyl (C=O) groups excluding carboxylic acids is 1. The van der Waals surface area contributed by atoms with E-state index in [9.17, 15) is 4.79 Å². The molecule has 2 aromatic heterocycles. The zero-order valence-electron chi connectivity index (χ0n) is 22.0. The maximum atomic E-state index is 13.7. The van der Waals surface area contributed by atoms with Crippen LogP contribution in [0.1, 0.15) is 65.2 Å². The summed E-state index contributed by atoms with van der Waals surface area (Å²) in [5, 5.41) is 12.6. The molecule has 1 amide bonds. The van der Waals surface area contributed by atoms with E-state index in [1.807, 2.05) is 40.8 Å². The molecule has 8 heteroatoms. The number of fused-ring (bicyclic) bond motifs is 1. The Bertz CT molecular complexity index is 1570. The quantitative estimate of drug-likeness (QED) is 0.292. The molecule has 0 radical (unpaired) electrons. The largest absolute Gasteiger partial charge is 0.317 e. The smallest absolute Gasteiger partial charge is 0.260 e. The summed E-state index contributed by atoms with van der Waals surface area (Å²) in [6.07, 6.45) is 7.94. The van der Waals surface area contributed by atoms with Crippen molar-refractivity contribution in [1.29, 1.82) is 0 Å². The number of aryl methyl sites for hydroxylation is 1. The molecule has 2 fully saturated rings. The molecule has 3 heterocycles. The first-order valence-electron chi connectivity index (χ1n) is 13.8. The van der Waals surface area contributed by atoms with E-state index in [-0.39, 0.29) is 5.91 Å². The number of nitrogens with zero attached hydrogens (tertiary/aromatic N) is 5. The van der Waals surface area contributed by atoms with Crippen molar-refractivity contribution in [2.24, 2.45) is 13.0 Å². The molecule has 7 rings (SSSR count). The highest BCUT2D eigenvalue weighted by Crippen LogP contribution is 2.43. The van der Waals surface area contributed by atoms with Crippen LogP contribution in [0.4, 0.5) is 5.82 Å². The number of hydrogen-bond acceptors (Lipinski definition) is 5. The van der Waals surface area contributed by atoms with Crippen molar-refractivity contribution in [2.75, 3.05) is 11.4 Å². The van der Waals surface area contributed by atoms with Crippen molar-refractivity contribution in [3.05, 3.63) is 82.3 Å². The van der Waals surface area contributed by atoms with Gasteiger partial charge in [0.05, 0.1) is 6.54 Å². The zero-order valence-corrected chi connectivity index (χ0v) is 22.8. The Morgan fingerprint density at radius 3 is 2.62 bits per heavy atom. The summed E-state index contributed by atoms with van der Waals surface area (Å²) in [5.41, 5.74) is 6.91. The van der Waals surface area contributed by atoms with Crippen LogP contribution in [-0.4, -0.2) is 32.2 Å². The number of aromatic nitrogens is 4. The second kappa shape index (κ2) is 9.88. The Hall–Kier alpha value is -3.55. The van der Waals surface area contributed by atoms with Crippen molar-refractivity contribution in [2.45, 2.75) is 51.1 Å². The van der Waals surface area contributed by atoms with Gasteiger partial charge in [-0.05, 0) is 90.7 Å². The van der Waals surface area contributed by atoms with Gasteiger partial charge in [-0.2, -0.15) is 0 Å². The van der Waals surface area contributed by atoms with Gasteiger partial charge in [-0.25, -0.2) is 4.98 Å². The predicted molar refractivity (Wildman–Crippen MR) is 153 cm³/mol. The fourth-order valence-electron chi connectivity index (χ4n) is 5.66. The third-order valence-electron chi connectivity index (χ3n) is 8.31. The maximum absolute atomic E-state index is 13.7. The van der Waals surface area contributed by atoms with Gasteiger partial charge in [0.25, 0.3) is 5.91 Å². The van der Waals surface area contributed by atoms with Gasteiger partial charge < -0.3 is 9.88 Å². The van der Waals surface area contributed by atoms with Gasteiger partial charge in [0.1, 0.15) is 12.1 Å². The Balaban J connectivity index is 1.21. The highest BCUT2D eigenvalue weighted by atomic mass is 35.5. The van der Waals surface area contributed by atoms with Gasteiger partial charge in [0.2, 0.25) is 0 Å². The number of pyridine rings is 1. The molecule has 198 valence electrons. The lowest BCUT2D eigenvalue weighted by Crippen LogP contribution is -2.27. The molecule has 2 saturated carbocycles. The van der Waals surface area contributed by atoms with Crippen LogP contribution in [0, 0.1) is 5.92 Å². The highest BCUT2D eigenvalue weighted by molar-refractivity contribution is 6.31. The zero-order chi connectivity index (χ0) is 26.5. The van der Waals surface area contributed by atoms with Crippen LogP contribution < -0.4 is 10.2 Å². The molecular formula is C31H31ClN6O. The number of carbonyl (C=O) groups is 1. The molecule has 39 heavy (non-hydrogen) atoms. The first-order chi connectivity index (χ1) is 19.0. The number of hydrogen-bond donors (Lipinski definition) is 1. The summed E-state index contributed by atoms with van der Waals surface area (Å²) in [4.78, 5) is 20.5. The molecule has 1 N–H and O–H groups in total. The van der Waals surface area contributed by atoms with Crippen molar-refractivity contribution in [3.8, 4) is 22.5 Å². The SMILES string of the molecule is Cn1cnnc1-c1cc(Cl)ccc1-c1cc(C2CC2)nc(N2Cc3ccc(CNCC4CCC4)cc3C2=O)c1. The lowest BCUT2D eigenvalue weighted by molar-refractivity contribution is 0.0996. The maximum Gasteiger partial charge on any atom is 0.260 e. The standard InChI is InChI=1S/C31H31ClN6O/c1-37-18-34-36-30(37)27-14-24(32)9-10-25(27)23-12-28(21-7-8-21)35-29(13-23)38-17-22-6-5-20(11-26(22)31(38)39)16-33-15-19-3-2-4-19/h5-6,9-14,18-19,21,33H,2-4,7-8,15-17H2,1H3. The first kappa shape index (κ1) is 24.5. The number of nitrogens with one attached hydrogen (secondary N) is 1. The van der Waals surface area contributed by atoms with Gasteiger partial charge in [-0.15, -0.1) is 10.2 Å². The monoisotopic (exact) mass is 538 g/mol. The third kappa shape index (κ3) is 4.74. The summed E-state index contributed by atoms with van der Waals surface area (Å²) < 4.78 is 1.89. The van der Waals surface area contributed by atoms with Crippen LogP contribution >= 0.6 is 11.6 Å². The van der Waals surface area contributed by atoms with Crippen LogP contribution in [-0.2, 0) is 20.1 Å². The second-order valence-electron chi connectivity index (χ2n) is 11.2. The Morgan fingerprint density at radius 2 is 1.87 bits per heavy atom. The van der Waals surface area contributed by atoms with Crippen molar-refractivity contribution >= 4 is 23.3 Å². The third-order valence-corrected chi connectivity index (χ3v) is 8.55. The van der Waals surface area contributed by atoms with E-state index in [4.69, 9.17) is 16.6 Å². The number of benzene rings is 2. The van der Waals surface area contributed by atoms with Crippen LogP contribution in [0.5, 0.6) is 0 Å². The van der Waals surface area contributed by atoms with Gasteiger partial charge in [-0.3, -0.25) is 9.69 Å². The molecule has 0 spiro atoms.